The molecule has 2 aromatic heterocycles. The summed E-state index contributed by atoms with van der Waals surface area (Å²) in [5, 5.41) is 16.9. The van der Waals surface area contributed by atoms with Crippen LogP contribution in [0.25, 0.3) is 11.6 Å². The summed E-state index contributed by atoms with van der Waals surface area (Å²) < 4.78 is 36.0. The number of methoxy groups -OCH3 is 1. The summed E-state index contributed by atoms with van der Waals surface area (Å²) in [6.45, 7) is 0.490. The van der Waals surface area contributed by atoms with E-state index in [1.165, 1.54) is 37.1 Å². The van der Waals surface area contributed by atoms with Crippen LogP contribution in [0.1, 0.15) is 5.56 Å². The molecule has 0 saturated heterocycles. The number of hydrogen-bond donors (Lipinski definition) is 2. The van der Waals surface area contributed by atoms with Crippen LogP contribution in [0.5, 0.6) is 5.75 Å². The predicted molar refractivity (Wildman–Crippen MR) is 127 cm³/mol. The zero-order valence-corrected chi connectivity index (χ0v) is 19.7. The van der Waals surface area contributed by atoms with Crippen molar-refractivity contribution in [2.75, 3.05) is 18.2 Å². The molecule has 0 aliphatic heterocycles. The number of aromatic nitrogens is 3. The third kappa shape index (κ3) is 5.47. The van der Waals surface area contributed by atoms with Crippen LogP contribution in [0.4, 0.5) is 5.69 Å². The quantitative estimate of drug-likeness (QED) is 0.335. The van der Waals surface area contributed by atoms with Crippen LogP contribution in [0.2, 0.25) is 0 Å². The molecule has 0 aliphatic rings. The van der Waals surface area contributed by atoms with Crippen molar-refractivity contribution in [1.82, 2.24) is 14.8 Å². The van der Waals surface area contributed by atoms with Crippen molar-refractivity contribution in [2.24, 2.45) is 5.14 Å². The van der Waals surface area contributed by atoms with Crippen molar-refractivity contribution >= 4 is 33.4 Å². The molecule has 34 heavy (non-hydrogen) atoms. The van der Waals surface area contributed by atoms with Crippen LogP contribution in [0, 0.1) is 0 Å². The summed E-state index contributed by atoms with van der Waals surface area (Å²) in [6.07, 6.45) is 1.56. The number of thioether (sulfide) groups is 1. The van der Waals surface area contributed by atoms with Gasteiger partial charge in [0.25, 0.3) is 0 Å². The number of ether oxygens (including phenoxy) is 1. The van der Waals surface area contributed by atoms with Gasteiger partial charge in [-0.05, 0) is 35.9 Å². The van der Waals surface area contributed by atoms with Gasteiger partial charge < -0.3 is 14.5 Å². The van der Waals surface area contributed by atoms with Gasteiger partial charge in [-0.2, -0.15) is 0 Å². The molecular weight excluding hydrogens is 478 g/mol. The number of carbonyl (C=O) groups is 1. The number of hydrogen-bond acceptors (Lipinski definition) is 8. The SMILES string of the molecule is COc1ccc(NC(=O)CSc2nnc(-c3ccco3)n2Cc2ccccc2)cc1S(N)(=O)=O. The molecule has 0 aliphatic carbocycles. The number of sulfonamides is 1. The van der Waals surface area contributed by atoms with E-state index in [2.05, 4.69) is 15.5 Å². The predicted octanol–water partition coefficient (Wildman–Crippen LogP) is 2.97. The molecule has 2 heterocycles. The van der Waals surface area contributed by atoms with E-state index in [4.69, 9.17) is 14.3 Å². The van der Waals surface area contributed by atoms with Crippen molar-refractivity contribution in [3.8, 4) is 17.3 Å². The van der Waals surface area contributed by atoms with Gasteiger partial charge in [0.05, 0.1) is 25.7 Å². The number of amides is 1. The smallest absolute Gasteiger partial charge is 0.241 e. The molecule has 3 N–H and O–H groups in total. The first kappa shape index (κ1) is 23.5. The van der Waals surface area contributed by atoms with Gasteiger partial charge >= 0.3 is 0 Å². The molecule has 12 heteroatoms. The first-order valence-corrected chi connectivity index (χ1v) is 12.5. The number of rotatable bonds is 9. The Balaban J connectivity index is 1.51. The second kappa shape index (κ2) is 10.1. The zero-order valence-electron chi connectivity index (χ0n) is 18.0. The Bertz CT molecular complexity index is 1390. The Morgan fingerprint density at radius 1 is 1.15 bits per heavy atom. The molecule has 1 amide bonds. The number of benzene rings is 2. The lowest BCUT2D eigenvalue weighted by Crippen LogP contribution is -2.17. The Morgan fingerprint density at radius 3 is 2.62 bits per heavy atom. The first-order valence-electron chi connectivity index (χ1n) is 9.99. The highest BCUT2D eigenvalue weighted by atomic mass is 32.2. The molecule has 176 valence electrons. The minimum atomic E-state index is -4.03. The molecule has 0 fully saturated rings. The summed E-state index contributed by atoms with van der Waals surface area (Å²) in [5.74, 6) is 0.860. The van der Waals surface area contributed by atoms with Crippen molar-refractivity contribution in [1.29, 1.82) is 0 Å². The van der Waals surface area contributed by atoms with E-state index in [-0.39, 0.29) is 28.0 Å². The Labute approximate surface area is 200 Å². The van der Waals surface area contributed by atoms with E-state index in [0.29, 0.717) is 23.3 Å². The monoisotopic (exact) mass is 499 g/mol. The molecule has 4 aromatic rings. The number of carbonyl (C=O) groups excluding carboxylic acids is 1. The van der Waals surface area contributed by atoms with Crippen molar-refractivity contribution < 1.29 is 22.4 Å². The maximum absolute atomic E-state index is 12.6. The normalized spacial score (nSPS) is 11.4. The van der Waals surface area contributed by atoms with Gasteiger partial charge in [0.15, 0.2) is 10.9 Å². The van der Waals surface area contributed by atoms with Gasteiger partial charge in [-0.1, -0.05) is 42.1 Å². The fraction of sp³-hybridized carbons (Fsp3) is 0.136. The topological polar surface area (TPSA) is 142 Å². The summed E-state index contributed by atoms with van der Waals surface area (Å²) in [7, 11) is -2.69. The minimum absolute atomic E-state index is 0.0157. The lowest BCUT2D eigenvalue weighted by molar-refractivity contribution is -0.113. The molecule has 2 aromatic carbocycles. The van der Waals surface area contributed by atoms with E-state index in [9.17, 15) is 13.2 Å². The van der Waals surface area contributed by atoms with Gasteiger partial charge in [-0.25, -0.2) is 13.6 Å². The molecular formula is C22H21N5O5S2. The van der Waals surface area contributed by atoms with Crippen LogP contribution < -0.4 is 15.2 Å². The maximum Gasteiger partial charge on any atom is 0.241 e. The maximum atomic E-state index is 12.6. The lowest BCUT2D eigenvalue weighted by Gasteiger charge is -2.11. The molecule has 0 spiro atoms. The number of nitrogens with zero attached hydrogens (tertiary/aromatic N) is 3. The van der Waals surface area contributed by atoms with Crippen LogP contribution >= 0.6 is 11.8 Å². The Morgan fingerprint density at radius 2 is 1.94 bits per heavy atom. The molecule has 10 nitrogen and oxygen atoms in total. The van der Waals surface area contributed by atoms with Crippen molar-refractivity contribution in [3.63, 3.8) is 0 Å². The summed E-state index contributed by atoms with van der Waals surface area (Å²) in [4.78, 5) is 12.4. The van der Waals surface area contributed by atoms with Crippen LogP contribution in [-0.2, 0) is 21.4 Å². The highest BCUT2D eigenvalue weighted by Gasteiger charge is 2.19. The molecule has 0 bridgehead atoms. The van der Waals surface area contributed by atoms with Crippen LogP contribution in [0.3, 0.4) is 0 Å². The highest BCUT2D eigenvalue weighted by molar-refractivity contribution is 7.99. The van der Waals surface area contributed by atoms with Crippen molar-refractivity contribution in [2.45, 2.75) is 16.6 Å². The highest BCUT2D eigenvalue weighted by Crippen LogP contribution is 2.28. The molecule has 0 radical (unpaired) electrons. The summed E-state index contributed by atoms with van der Waals surface area (Å²) in [6, 6.07) is 17.6. The van der Waals surface area contributed by atoms with E-state index in [1.54, 1.807) is 18.4 Å². The average Bonchev–Trinajstić information content (AvgIpc) is 3.48. The van der Waals surface area contributed by atoms with Gasteiger partial charge in [-0.3, -0.25) is 9.36 Å². The fourth-order valence-corrected chi connectivity index (χ4v) is 4.66. The van der Waals surface area contributed by atoms with Crippen molar-refractivity contribution in [3.05, 3.63) is 72.5 Å². The molecule has 0 atom stereocenters. The third-order valence-electron chi connectivity index (χ3n) is 4.73. The second-order valence-electron chi connectivity index (χ2n) is 7.10. The summed E-state index contributed by atoms with van der Waals surface area (Å²) >= 11 is 1.20. The standard InChI is InChI=1S/C22H21N5O5S2/c1-31-17-10-9-16(12-19(17)34(23,29)30)24-20(28)14-33-22-26-25-21(18-8-5-11-32-18)27(22)13-15-6-3-2-4-7-15/h2-12H,13-14H2,1H3,(H,24,28)(H2,23,29,30). The van der Waals surface area contributed by atoms with E-state index in [0.717, 1.165) is 5.56 Å². The van der Waals surface area contributed by atoms with Gasteiger partial charge in [-0.15, -0.1) is 10.2 Å². The second-order valence-corrected chi connectivity index (χ2v) is 9.58. The fourth-order valence-electron chi connectivity index (χ4n) is 3.20. The summed E-state index contributed by atoms with van der Waals surface area (Å²) in [5.41, 5.74) is 1.31. The largest absolute Gasteiger partial charge is 0.495 e. The average molecular weight is 500 g/mol. The van der Waals surface area contributed by atoms with Crippen LogP contribution in [-0.4, -0.2) is 42.0 Å². The number of primary sulfonamides is 1. The van der Waals surface area contributed by atoms with E-state index >= 15 is 0 Å². The number of nitrogens with two attached hydrogens (primary N) is 1. The minimum Gasteiger partial charge on any atom is -0.495 e. The molecule has 4 rings (SSSR count). The van der Waals surface area contributed by atoms with Gasteiger partial charge in [0.1, 0.15) is 10.6 Å². The third-order valence-corrected chi connectivity index (χ3v) is 6.63. The number of furan rings is 1. The zero-order chi connectivity index (χ0) is 24.1. The molecule has 0 saturated carbocycles. The first-order chi connectivity index (χ1) is 16.3. The van der Waals surface area contributed by atoms with Crippen LogP contribution in [0.15, 0.2) is 81.4 Å². The van der Waals surface area contributed by atoms with E-state index < -0.39 is 10.0 Å². The Kier molecular flexibility index (Phi) is 7.01. The molecule has 0 unspecified atom stereocenters. The number of anilines is 1. The van der Waals surface area contributed by atoms with Gasteiger partial charge in [0.2, 0.25) is 21.8 Å². The lowest BCUT2D eigenvalue weighted by atomic mass is 10.2. The Hall–Kier alpha value is -3.61. The van der Waals surface area contributed by atoms with Gasteiger partial charge in [0, 0.05) is 5.69 Å². The number of nitrogens with one attached hydrogen (secondary N) is 1. The van der Waals surface area contributed by atoms with E-state index in [1.807, 2.05) is 34.9 Å².